The minimum absolute atomic E-state index is 0.204. The number of carbonyl (C=O) groups is 2. The molecule has 1 atom stereocenters. The first-order valence-electron chi connectivity index (χ1n) is 3.86. The summed E-state index contributed by atoms with van der Waals surface area (Å²) in [6, 6.07) is -0.674. The predicted molar refractivity (Wildman–Crippen MR) is 42.6 cm³/mol. The Morgan fingerprint density at radius 1 is 1.83 bits per heavy atom. The number of nitrogens with zero attached hydrogens (tertiary/aromatic N) is 1. The van der Waals surface area contributed by atoms with Crippen LogP contribution in [0.5, 0.6) is 0 Å². The van der Waals surface area contributed by atoms with E-state index in [9.17, 15) is 9.59 Å². The van der Waals surface area contributed by atoms with E-state index in [2.05, 4.69) is 0 Å². The van der Waals surface area contributed by atoms with Crippen molar-refractivity contribution in [3.05, 3.63) is 12.2 Å². The quantitative estimate of drug-likeness (QED) is 0.658. The molecule has 0 radical (unpaired) electrons. The molecule has 0 aromatic heterocycles. The lowest BCUT2D eigenvalue weighted by Crippen LogP contribution is -2.41. The maximum absolute atomic E-state index is 11.1. The van der Waals surface area contributed by atoms with Gasteiger partial charge in [-0.05, 0) is 6.42 Å². The fourth-order valence-corrected chi connectivity index (χ4v) is 1.26. The van der Waals surface area contributed by atoms with Crippen LogP contribution in [0, 0.1) is 0 Å². The summed E-state index contributed by atoms with van der Waals surface area (Å²) in [6.07, 6.45) is 3.53. The normalized spacial score (nSPS) is 18.4. The first-order chi connectivity index (χ1) is 5.66. The number of rotatable bonds is 3. The number of hydrogen-bond acceptors (Lipinski definition) is 2. The molecule has 66 valence electrons. The van der Waals surface area contributed by atoms with Crippen molar-refractivity contribution >= 4 is 11.9 Å². The van der Waals surface area contributed by atoms with E-state index in [-0.39, 0.29) is 5.91 Å². The summed E-state index contributed by atoms with van der Waals surface area (Å²) in [5.74, 6) is -1.14. The van der Waals surface area contributed by atoms with Crippen molar-refractivity contribution in [3.8, 4) is 0 Å². The average Bonchev–Trinajstić information content (AvgIpc) is 2.38. The molecule has 1 heterocycles. The highest BCUT2D eigenvalue weighted by Crippen LogP contribution is 2.10. The molecule has 1 N–H and O–H groups in total. The van der Waals surface area contributed by atoms with Crippen molar-refractivity contribution in [2.75, 3.05) is 6.54 Å². The maximum atomic E-state index is 11.1. The molecular weight excluding hydrogens is 158 g/mol. The zero-order chi connectivity index (χ0) is 9.14. The van der Waals surface area contributed by atoms with E-state index >= 15 is 0 Å². The van der Waals surface area contributed by atoms with Crippen molar-refractivity contribution in [1.82, 2.24) is 4.90 Å². The molecule has 1 amide bonds. The van der Waals surface area contributed by atoms with Gasteiger partial charge in [-0.15, -0.1) is 0 Å². The van der Waals surface area contributed by atoms with Crippen LogP contribution in [0.2, 0.25) is 0 Å². The molecular formula is C8H11NO3. The van der Waals surface area contributed by atoms with Crippen LogP contribution in [0.25, 0.3) is 0 Å². The molecule has 0 aromatic rings. The van der Waals surface area contributed by atoms with E-state index in [1.165, 1.54) is 11.0 Å². The Morgan fingerprint density at radius 3 is 2.83 bits per heavy atom. The molecule has 0 aromatic carbocycles. The molecule has 4 heteroatoms. The molecule has 0 fully saturated rings. The van der Waals surface area contributed by atoms with Gasteiger partial charge in [0.25, 0.3) is 0 Å². The molecule has 1 aliphatic heterocycles. The minimum atomic E-state index is -0.936. The first-order valence-corrected chi connectivity index (χ1v) is 3.86. The molecule has 12 heavy (non-hydrogen) atoms. The lowest BCUT2D eigenvalue weighted by molar-refractivity contribution is -0.147. The Balaban J connectivity index is 2.67. The van der Waals surface area contributed by atoms with Gasteiger partial charge in [0.05, 0.1) is 0 Å². The van der Waals surface area contributed by atoms with Crippen molar-refractivity contribution in [1.29, 1.82) is 0 Å². The van der Waals surface area contributed by atoms with Crippen LogP contribution >= 0.6 is 0 Å². The Bertz CT molecular complexity index is 234. The van der Waals surface area contributed by atoms with E-state index in [1.54, 1.807) is 13.0 Å². The van der Waals surface area contributed by atoms with Gasteiger partial charge in [-0.2, -0.15) is 0 Å². The highest BCUT2D eigenvalue weighted by molar-refractivity contribution is 5.93. The average molecular weight is 169 g/mol. The monoisotopic (exact) mass is 169 g/mol. The second-order valence-corrected chi connectivity index (χ2v) is 2.66. The number of carboxylic acids is 1. The third-order valence-corrected chi connectivity index (χ3v) is 1.89. The van der Waals surface area contributed by atoms with Gasteiger partial charge in [-0.3, -0.25) is 4.79 Å². The number of aliphatic carboxylic acids is 1. The smallest absolute Gasteiger partial charge is 0.326 e. The third kappa shape index (κ3) is 1.47. The molecule has 0 bridgehead atoms. The summed E-state index contributed by atoms with van der Waals surface area (Å²) in [5, 5.41) is 8.73. The molecule has 0 saturated carbocycles. The van der Waals surface area contributed by atoms with Gasteiger partial charge in [-0.1, -0.05) is 13.0 Å². The lowest BCUT2D eigenvalue weighted by Gasteiger charge is -2.22. The molecule has 0 aliphatic carbocycles. The molecule has 1 unspecified atom stereocenters. The Kier molecular flexibility index (Phi) is 2.47. The highest BCUT2D eigenvalue weighted by Gasteiger charge is 2.28. The molecule has 1 aliphatic rings. The maximum Gasteiger partial charge on any atom is 0.326 e. The van der Waals surface area contributed by atoms with Crippen molar-refractivity contribution in [2.24, 2.45) is 0 Å². The van der Waals surface area contributed by atoms with Gasteiger partial charge in [0.15, 0.2) is 0 Å². The number of carboxylic acid groups (broad SMARTS) is 1. The summed E-state index contributed by atoms with van der Waals surface area (Å²) in [5.41, 5.74) is 0. The fraction of sp³-hybridized carbons (Fsp3) is 0.500. The molecule has 1 rings (SSSR count). The standard InChI is InChI=1S/C8H11NO3/c1-2-6(8(11)12)9-5-3-4-7(9)10/h3-4,6H,2,5H2,1H3,(H,11,12). The van der Waals surface area contributed by atoms with E-state index in [4.69, 9.17) is 5.11 Å². The SMILES string of the molecule is CCC(C(=O)O)N1CC=CC1=O. The Hall–Kier alpha value is -1.32. The number of carbonyl (C=O) groups excluding carboxylic acids is 1. The lowest BCUT2D eigenvalue weighted by atomic mass is 10.2. The van der Waals surface area contributed by atoms with E-state index < -0.39 is 12.0 Å². The summed E-state index contributed by atoms with van der Waals surface area (Å²) in [4.78, 5) is 23.0. The second-order valence-electron chi connectivity index (χ2n) is 2.66. The largest absolute Gasteiger partial charge is 0.480 e. The zero-order valence-electron chi connectivity index (χ0n) is 6.86. The zero-order valence-corrected chi connectivity index (χ0v) is 6.86. The van der Waals surface area contributed by atoms with E-state index in [1.807, 2.05) is 0 Å². The van der Waals surface area contributed by atoms with Gasteiger partial charge in [0, 0.05) is 12.6 Å². The third-order valence-electron chi connectivity index (χ3n) is 1.89. The Labute approximate surface area is 70.5 Å². The fourth-order valence-electron chi connectivity index (χ4n) is 1.26. The Morgan fingerprint density at radius 2 is 2.50 bits per heavy atom. The van der Waals surface area contributed by atoms with Crippen LogP contribution in [-0.2, 0) is 9.59 Å². The van der Waals surface area contributed by atoms with Gasteiger partial charge in [-0.25, -0.2) is 4.79 Å². The summed E-state index contributed by atoms with van der Waals surface area (Å²) in [6.45, 7) is 2.17. The number of hydrogen-bond donors (Lipinski definition) is 1. The summed E-state index contributed by atoms with van der Waals surface area (Å²) >= 11 is 0. The van der Waals surface area contributed by atoms with Crippen LogP contribution < -0.4 is 0 Å². The van der Waals surface area contributed by atoms with Gasteiger partial charge in [0.2, 0.25) is 5.91 Å². The van der Waals surface area contributed by atoms with Crippen molar-refractivity contribution in [3.63, 3.8) is 0 Å². The molecule has 4 nitrogen and oxygen atoms in total. The van der Waals surface area contributed by atoms with Gasteiger partial charge >= 0.3 is 5.97 Å². The van der Waals surface area contributed by atoms with Crippen molar-refractivity contribution < 1.29 is 14.7 Å². The van der Waals surface area contributed by atoms with E-state index in [0.717, 1.165) is 0 Å². The van der Waals surface area contributed by atoms with E-state index in [0.29, 0.717) is 13.0 Å². The molecule has 0 spiro atoms. The van der Waals surface area contributed by atoms with Gasteiger partial charge in [0.1, 0.15) is 6.04 Å². The second kappa shape index (κ2) is 3.38. The van der Waals surface area contributed by atoms with Crippen LogP contribution in [-0.4, -0.2) is 34.5 Å². The van der Waals surface area contributed by atoms with Crippen LogP contribution in [0.4, 0.5) is 0 Å². The van der Waals surface area contributed by atoms with Crippen molar-refractivity contribution in [2.45, 2.75) is 19.4 Å². The summed E-state index contributed by atoms with van der Waals surface area (Å²) in [7, 11) is 0. The first kappa shape index (κ1) is 8.77. The van der Waals surface area contributed by atoms with Crippen LogP contribution in [0.15, 0.2) is 12.2 Å². The van der Waals surface area contributed by atoms with Crippen LogP contribution in [0.1, 0.15) is 13.3 Å². The van der Waals surface area contributed by atoms with Crippen LogP contribution in [0.3, 0.4) is 0 Å². The minimum Gasteiger partial charge on any atom is -0.480 e. The topological polar surface area (TPSA) is 57.6 Å². The highest BCUT2D eigenvalue weighted by atomic mass is 16.4. The molecule has 0 saturated heterocycles. The number of amides is 1. The van der Waals surface area contributed by atoms with Gasteiger partial charge < -0.3 is 10.0 Å². The summed E-state index contributed by atoms with van der Waals surface area (Å²) < 4.78 is 0. The predicted octanol–water partition coefficient (Wildman–Crippen LogP) is 0.248.